The van der Waals surface area contributed by atoms with Crippen LogP contribution in [-0.4, -0.2) is 46.3 Å². The van der Waals surface area contributed by atoms with Gasteiger partial charge in [-0.1, -0.05) is 6.92 Å². The van der Waals surface area contributed by atoms with Crippen LogP contribution in [0.25, 0.3) is 0 Å². The molecule has 1 aliphatic heterocycles. The molecule has 2 heterocycles. The number of carbonyl (C=O) groups is 1. The number of aromatic nitrogens is 2. The Labute approximate surface area is 95.4 Å². The molecule has 1 saturated heterocycles. The fourth-order valence-electron chi connectivity index (χ4n) is 1.92. The average molecular weight is 222 g/mol. The van der Waals surface area contributed by atoms with E-state index in [0.29, 0.717) is 11.7 Å². The van der Waals surface area contributed by atoms with Crippen molar-refractivity contribution in [3.63, 3.8) is 0 Å². The average Bonchev–Trinajstić information content (AvgIpc) is 2.60. The summed E-state index contributed by atoms with van der Waals surface area (Å²) in [4.78, 5) is 14.2. The van der Waals surface area contributed by atoms with Gasteiger partial charge in [0.15, 0.2) is 0 Å². The Morgan fingerprint density at radius 3 is 2.88 bits per heavy atom. The van der Waals surface area contributed by atoms with Crippen LogP contribution in [-0.2, 0) is 7.05 Å². The van der Waals surface area contributed by atoms with E-state index in [1.54, 1.807) is 24.0 Å². The fraction of sp³-hybridized carbons (Fsp3) is 0.636. The van der Waals surface area contributed by atoms with Gasteiger partial charge in [0.25, 0.3) is 5.91 Å². The third-order valence-corrected chi connectivity index (χ3v) is 2.97. The van der Waals surface area contributed by atoms with Gasteiger partial charge in [-0.2, -0.15) is 5.10 Å². The molecular weight excluding hydrogens is 204 g/mol. The Bertz CT molecular complexity index is 370. The van der Waals surface area contributed by atoms with Gasteiger partial charge in [0, 0.05) is 32.9 Å². The number of carbonyl (C=O) groups excluding carboxylic acids is 1. The third kappa shape index (κ3) is 1.95. The monoisotopic (exact) mass is 222 g/mol. The smallest absolute Gasteiger partial charge is 0.272 e. The van der Waals surface area contributed by atoms with Crippen molar-refractivity contribution in [1.82, 2.24) is 20.0 Å². The predicted octanol–water partition coefficient (Wildman–Crippen LogP) is 0.244. The largest absolute Gasteiger partial charge is 0.332 e. The Morgan fingerprint density at radius 1 is 1.69 bits per heavy atom. The third-order valence-electron chi connectivity index (χ3n) is 2.97. The lowest BCUT2D eigenvalue weighted by Crippen LogP contribution is -2.59. The van der Waals surface area contributed by atoms with E-state index >= 15 is 0 Å². The molecule has 88 valence electrons. The molecule has 1 aromatic rings. The van der Waals surface area contributed by atoms with Crippen molar-refractivity contribution >= 4 is 5.91 Å². The second-order valence-corrected chi connectivity index (χ2v) is 4.15. The molecule has 0 saturated carbocycles. The lowest BCUT2D eigenvalue weighted by molar-refractivity contribution is 0.0604. The molecule has 5 nitrogen and oxygen atoms in total. The quantitative estimate of drug-likeness (QED) is 0.794. The number of hydrogen-bond acceptors (Lipinski definition) is 3. The van der Waals surface area contributed by atoms with Crippen LogP contribution >= 0.6 is 0 Å². The van der Waals surface area contributed by atoms with Gasteiger partial charge in [0.1, 0.15) is 5.69 Å². The first-order valence-electron chi connectivity index (χ1n) is 5.73. The summed E-state index contributed by atoms with van der Waals surface area (Å²) in [6, 6.07) is 2.12. The van der Waals surface area contributed by atoms with Crippen molar-refractivity contribution in [2.75, 3.05) is 19.6 Å². The maximum absolute atomic E-state index is 12.3. The molecule has 5 heteroatoms. The summed E-state index contributed by atoms with van der Waals surface area (Å²) in [6.45, 7) is 4.72. The zero-order chi connectivity index (χ0) is 11.5. The van der Waals surface area contributed by atoms with Crippen molar-refractivity contribution in [1.29, 1.82) is 0 Å². The highest BCUT2D eigenvalue weighted by atomic mass is 16.2. The van der Waals surface area contributed by atoms with Gasteiger partial charge in [-0.3, -0.25) is 9.48 Å². The molecule has 1 amide bonds. The van der Waals surface area contributed by atoms with Crippen LogP contribution in [0, 0.1) is 0 Å². The second kappa shape index (κ2) is 4.65. The number of nitrogens with one attached hydrogen (secondary N) is 1. The van der Waals surface area contributed by atoms with Crippen LogP contribution in [0.1, 0.15) is 23.8 Å². The molecule has 2 rings (SSSR count). The summed E-state index contributed by atoms with van der Waals surface area (Å²) in [5, 5.41) is 7.24. The van der Waals surface area contributed by atoms with Crippen LogP contribution in [0.3, 0.4) is 0 Å². The molecule has 1 N–H and O–H groups in total. The summed E-state index contributed by atoms with van der Waals surface area (Å²) < 4.78 is 1.64. The highest BCUT2D eigenvalue weighted by molar-refractivity contribution is 5.92. The molecule has 0 spiro atoms. The molecule has 16 heavy (non-hydrogen) atoms. The minimum Gasteiger partial charge on any atom is -0.332 e. The fourth-order valence-corrected chi connectivity index (χ4v) is 1.92. The molecule has 0 atom stereocenters. The first kappa shape index (κ1) is 11.1. The topological polar surface area (TPSA) is 50.2 Å². The van der Waals surface area contributed by atoms with Crippen molar-refractivity contribution in [2.45, 2.75) is 19.4 Å². The Kier molecular flexibility index (Phi) is 3.24. The van der Waals surface area contributed by atoms with E-state index in [9.17, 15) is 4.79 Å². The number of hydrogen-bond donors (Lipinski definition) is 1. The maximum Gasteiger partial charge on any atom is 0.272 e. The van der Waals surface area contributed by atoms with Gasteiger partial charge in [0.05, 0.1) is 6.04 Å². The molecule has 0 aliphatic carbocycles. The molecular formula is C11H18N4O. The highest BCUT2D eigenvalue weighted by Gasteiger charge is 2.29. The predicted molar refractivity (Wildman–Crippen MR) is 61.2 cm³/mol. The first-order valence-corrected chi connectivity index (χ1v) is 5.73. The van der Waals surface area contributed by atoms with Crippen LogP contribution in [0.5, 0.6) is 0 Å². The van der Waals surface area contributed by atoms with Gasteiger partial charge in [-0.15, -0.1) is 0 Å². The maximum atomic E-state index is 12.3. The molecule has 0 radical (unpaired) electrons. The zero-order valence-electron chi connectivity index (χ0n) is 9.81. The summed E-state index contributed by atoms with van der Waals surface area (Å²) in [5.41, 5.74) is 0.667. The molecule has 1 aliphatic rings. The summed E-state index contributed by atoms with van der Waals surface area (Å²) in [7, 11) is 1.80. The van der Waals surface area contributed by atoms with E-state index in [0.717, 1.165) is 26.1 Å². The molecule has 0 unspecified atom stereocenters. The minimum atomic E-state index is 0.0911. The van der Waals surface area contributed by atoms with Crippen LogP contribution in [0.2, 0.25) is 0 Å². The normalized spacial score (nSPS) is 15.9. The van der Waals surface area contributed by atoms with Crippen molar-refractivity contribution < 1.29 is 4.79 Å². The second-order valence-electron chi connectivity index (χ2n) is 4.15. The van der Waals surface area contributed by atoms with E-state index in [4.69, 9.17) is 0 Å². The highest BCUT2D eigenvalue weighted by Crippen LogP contribution is 2.11. The van der Waals surface area contributed by atoms with Gasteiger partial charge in [-0.05, 0) is 12.5 Å². The van der Waals surface area contributed by atoms with E-state index < -0.39 is 0 Å². The van der Waals surface area contributed by atoms with Crippen molar-refractivity contribution in [3.05, 3.63) is 18.0 Å². The Balaban J connectivity index is 2.13. The summed E-state index contributed by atoms with van der Waals surface area (Å²) in [6.07, 6.45) is 2.65. The first-order chi connectivity index (χ1) is 7.74. The molecule has 1 aromatic heterocycles. The molecule has 0 bridgehead atoms. The number of amides is 1. The number of rotatable bonds is 4. The summed E-state index contributed by atoms with van der Waals surface area (Å²) in [5.74, 6) is 0.0911. The molecule has 1 fully saturated rings. The molecule has 0 aromatic carbocycles. The van der Waals surface area contributed by atoms with Crippen LogP contribution in [0.4, 0.5) is 0 Å². The lowest BCUT2D eigenvalue weighted by atomic mass is 10.1. The van der Waals surface area contributed by atoms with Crippen molar-refractivity contribution in [2.24, 2.45) is 7.05 Å². The van der Waals surface area contributed by atoms with Crippen LogP contribution < -0.4 is 5.32 Å². The van der Waals surface area contributed by atoms with Gasteiger partial charge in [0.2, 0.25) is 0 Å². The van der Waals surface area contributed by atoms with Gasteiger partial charge in [-0.25, -0.2) is 0 Å². The van der Waals surface area contributed by atoms with E-state index in [-0.39, 0.29) is 5.91 Å². The van der Waals surface area contributed by atoms with E-state index in [1.807, 2.05) is 4.90 Å². The van der Waals surface area contributed by atoms with Gasteiger partial charge >= 0.3 is 0 Å². The number of aryl methyl sites for hydroxylation is 1. The Hall–Kier alpha value is -1.36. The SMILES string of the molecule is CCCN(C(=O)c1ccnn1C)C1CNC1. The van der Waals surface area contributed by atoms with E-state index in [1.165, 1.54) is 0 Å². The van der Waals surface area contributed by atoms with Crippen molar-refractivity contribution in [3.8, 4) is 0 Å². The number of nitrogens with zero attached hydrogens (tertiary/aromatic N) is 3. The van der Waals surface area contributed by atoms with Gasteiger partial charge < -0.3 is 10.2 Å². The lowest BCUT2D eigenvalue weighted by Gasteiger charge is -2.38. The van der Waals surface area contributed by atoms with E-state index in [2.05, 4.69) is 17.3 Å². The van der Waals surface area contributed by atoms with Crippen LogP contribution in [0.15, 0.2) is 12.3 Å². The zero-order valence-corrected chi connectivity index (χ0v) is 9.81. The summed E-state index contributed by atoms with van der Waals surface area (Å²) >= 11 is 0. The minimum absolute atomic E-state index is 0.0911. The standard InChI is InChI=1S/C11H18N4O/c1-3-6-15(9-7-12-8-9)11(16)10-4-5-13-14(10)2/h4-5,9,12H,3,6-8H2,1-2H3. The Morgan fingerprint density at radius 2 is 2.44 bits per heavy atom.